The summed E-state index contributed by atoms with van der Waals surface area (Å²) >= 11 is 0. The molecule has 4 nitrogen and oxygen atoms in total. The highest BCUT2D eigenvalue weighted by atomic mass is 16.5. The van der Waals surface area contributed by atoms with Gasteiger partial charge in [-0.05, 0) is 31.0 Å². The number of aromatic nitrogens is 1. The number of hydrogen-bond donors (Lipinski definition) is 1. The summed E-state index contributed by atoms with van der Waals surface area (Å²) in [5.41, 5.74) is 1.42. The van der Waals surface area contributed by atoms with Gasteiger partial charge >= 0.3 is 5.97 Å². The second-order valence-corrected chi connectivity index (χ2v) is 4.39. The molecule has 1 rings (SSSR count). The first-order chi connectivity index (χ1) is 8.13. The molecule has 0 saturated carbocycles. The van der Waals surface area contributed by atoms with Crippen LogP contribution in [0.15, 0.2) is 18.3 Å². The van der Waals surface area contributed by atoms with Crippen LogP contribution in [0.2, 0.25) is 0 Å². The van der Waals surface area contributed by atoms with Crippen molar-refractivity contribution in [2.24, 2.45) is 5.92 Å². The second-order valence-electron chi connectivity index (χ2n) is 4.39. The number of hydrogen-bond acceptors (Lipinski definition) is 4. The normalized spacial score (nSPS) is 10.6. The molecule has 0 fully saturated rings. The fourth-order valence-electron chi connectivity index (χ4n) is 1.37. The highest BCUT2D eigenvalue weighted by Crippen LogP contribution is 2.02. The predicted molar refractivity (Wildman–Crippen MR) is 66.7 cm³/mol. The summed E-state index contributed by atoms with van der Waals surface area (Å²) in [6.45, 7) is 6.11. The largest absolute Gasteiger partial charge is 0.465 e. The Morgan fingerprint density at radius 3 is 2.76 bits per heavy atom. The Kier molecular flexibility index (Phi) is 5.63. The van der Waals surface area contributed by atoms with Crippen LogP contribution >= 0.6 is 0 Å². The van der Waals surface area contributed by atoms with Crippen molar-refractivity contribution in [3.63, 3.8) is 0 Å². The van der Waals surface area contributed by atoms with Gasteiger partial charge in [0.05, 0.1) is 18.4 Å². The molecule has 0 saturated heterocycles. The van der Waals surface area contributed by atoms with Gasteiger partial charge in [0.25, 0.3) is 0 Å². The van der Waals surface area contributed by atoms with Crippen molar-refractivity contribution in [3.05, 3.63) is 29.6 Å². The van der Waals surface area contributed by atoms with Gasteiger partial charge in [-0.2, -0.15) is 0 Å². The number of carbonyl (C=O) groups is 1. The van der Waals surface area contributed by atoms with Crippen molar-refractivity contribution >= 4 is 5.97 Å². The molecule has 1 aromatic heterocycles. The molecule has 4 heteroatoms. The van der Waals surface area contributed by atoms with Crippen molar-refractivity contribution in [1.29, 1.82) is 0 Å². The third kappa shape index (κ3) is 4.95. The Morgan fingerprint density at radius 2 is 2.24 bits per heavy atom. The number of nitrogens with one attached hydrogen (secondary N) is 1. The molecule has 17 heavy (non-hydrogen) atoms. The average molecular weight is 236 g/mol. The third-order valence-electron chi connectivity index (χ3n) is 2.45. The summed E-state index contributed by atoms with van der Waals surface area (Å²) in [6, 6.07) is 3.58. The quantitative estimate of drug-likeness (QED) is 0.606. The highest BCUT2D eigenvalue weighted by Gasteiger charge is 2.04. The van der Waals surface area contributed by atoms with Crippen molar-refractivity contribution in [1.82, 2.24) is 10.3 Å². The number of carbonyl (C=O) groups excluding carboxylic acids is 1. The Bertz CT molecular complexity index is 347. The van der Waals surface area contributed by atoms with Crippen molar-refractivity contribution in [2.75, 3.05) is 13.7 Å². The van der Waals surface area contributed by atoms with Crippen LogP contribution in [0.25, 0.3) is 0 Å². The van der Waals surface area contributed by atoms with E-state index in [0.29, 0.717) is 11.5 Å². The van der Waals surface area contributed by atoms with Crippen molar-refractivity contribution in [2.45, 2.75) is 26.8 Å². The Labute approximate surface area is 102 Å². The minimum absolute atomic E-state index is 0.350. The van der Waals surface area contributed by atoms with Crippen molar-refractivity contribution < 1.29 is 9.53 Å². The van der Waals surface area contributed by atoms with Crippen LogP contribution in [0.4, 0.5) is 0 Å². The zero-order valence-corrected chi connectivity index (χ0v) is 10.7. The van der Waals surface area contributed by atoms with Crippen LogP contribution in [-0.2, 0) is 11.3 Å². The van der Waals surface area contributed by atoms with Gasteiger partial charge in [0.2, 0.25) is 0 Å². The van der Waals surface area contributed by atoms with E-state index in [-0.39, 0.29) is 5.97 Å². The van der Waals surface area contributed by atoms with E-state index in [0.717, 1.165) is 25.2 Å². The summed E-state index contributed by atoms with van der Waals surface area (Å²) in [7, 11) is 1.36. The Morgan fingerprint density at radius 1 is 1.47 bits per heavy atom. The van der Waals surface area contributed by atoms with Gasteiger partial charge in [-0.3, -0.25) is 4.98 Å². The average Bonchev–Trinajstić information content (AvgIpc) is 2.34. The van der Waals surface area contributed by atoms with Crippen LogP contribution in [0, 0.1) is 5.92 Å². The number of esters is 1. The molecule has 0 unspecified atom stereocenters. The molecule has 0 amide bonds. The molecule has 0 radical (unpaired) electrons. The van der Waals surface area contributed by atoms with Crippen molar-refractivity contribution in [3.8, 4) is 0 Å². The molecule has 0 aliphatic rings. The topological polar surface area (TPSA) is 51.2 Å². The standard InChI is InChI=1S/C13H20N2O2/c1-10(2)6-7-14-9-12-5-4-11(8-15-12)13(16)17-3/h4-5,8,10,14H,6-7,9H2,1-3H3. The van der Waals surface area contributed by atoms with Gasteiger partial charge < -0.3 is 10.1 Å². The van der Waals surface area contributed by atoms with Gasteiger partial charge in [0, 0.05) is 12.7 Å². The maximum atomic E-state index is 11.2. The molecule has 94 valence electrons. The van der Waals surface area contributed by atoms with Crippen LogP contribution in [0.5, 0.6) is 0 Å². The minimum atomic E-state index is -0.350. The van der Waals surface area contributed by atoms with E-state index in [1.54, 1.807) is 12.3 Å². The lowest BCUT2D eigenvalue weighted by Crippen LogP contribution is -2.17. The van der Waals surface area contributed by atoms with Crippen LogP contribution in [-0.4, -0.2) is 24.6 Å². The van der Waals surface area contributed by atoms with E-state index >= 15 is 0 Å². The lowest BCUT2D eigenvalue weighted by Gasteiger charge is -2.06. The molecule has 1 N–H and O–H groups in total. The van der Waals surface area contributed by atoms with Gasteiger partial charge in [0.1, 0.15) is 0 Å². The minimum Gasteiger partial charge on any atom is -0.465 e. The summed E-state index contributed by atoms with van der Waals surface area (Å²) in [6.07, 6.45) is 2.70. The summed E-state index contributed by atoms with van der Waals surface area (Å²) in [4.78, 5) is 15.4. The number of pyridine rings is 1. The molecule has 0 aromatic carbocycles. The molecule has 0 spiro atoms. The highest BCUT2D eigenvalue weighted by molar-refractivity contribution is 5.88. The van der Waals surface area contributed by atoms with E-state index in [9.17, 15) is 4.79 Å². The number of methoxy groups -OCH3 is 1. The Balaban J connectivity index is 2.38. The second kappa shape index (κ2) is 7.01. The molecule has 0 aliphatic heterocycles. The molecule has 0 bridgehead atoms. The summed E-state index contributed by atoms with van der Waals surface area (Å²) < 4.78 is 4.61. The van der Waals surface area contributed by atoms with Crippen LogP contribution in [0.3, 0.4) is 0 Å². The first-order valence-electron chi connectivity index (χ1n) is 5.87. The third-order valence-corrected chi connectivity index (χ3v) is 2.45. The maximum Gasteiger partial charge on any atom is 0.339 e. The van der Waals surface area contributed by atoms with Crippen LogP contribution in [0.1, 0.15) is 36.3 Å². The lowest BCUT2D eigenvalue weighted by molar-refractivity contribution is 0.0600. The summed E-state index contributed by atoms with van der Waals surface area (Å²) in [5, 5.41) is 3.32. The van der Waals surface area contributed by atoms with Crippen LogP contribution < -0.4 is 5.32 Å². The van der Waals surface area contributed by atoms with Gasteiger partial charge in [0.15, 0.2) is 0 Å². The maximum absolute atomic E-state index is 11.2. The zero-order valence-electron chi connectivity index (χ0n) is 10.7. The Hall–Kier alpha value is -1.42. The van der Waals surface area contributed by atoms with E-state index in [1.165, 1.54) is 7.11 Å². The van der Waals surface area contributed by atoms with E-state index in [2.05, 4.69) is 28.9 Å². The zero-order chi connectivity index (χ0) is 12.7. The monoisotopic (exact) mass is 236 g/mol. The first-order valence-corrected chi connectivity index (χ1v) is 5.87. The number of nitrogens with zero attached hydrogens (tertiary/aromatic N) is 1. The van der Waals surface area contributed by atoms with Gasteiger partial charge in [-0.1, -0.05) is 13.8 Å². The predicted octanol–water partition coefficient (Wildman–Crippen LogP) is 2.00. The molecular formula is C13H20N2O2. The first kappa shape index (κ1) is 13.6. The van der Waals surface area contributed by atoms with Gasteiger partial charge in [-0.25, -0.2) is 4.79 Å². The smallest absolute Gasteiger partial charge is 0.339 e. The molecule has 1 aromatic rings. The fourth-order valence-corrected chi connectivity index (χ4v) is 1.37. The number of rotatable bonds is 6. The van der Waals surface area contributed by atoms with E-state index < -0.39 is 0 Å². The molecular weight excluding hydrogens is 216 g/mol. The lowest BCUT2D eigenvalue weighted by atomic mass is 10.1. The molecule has 0 aliphatic carbocycles. The fraction of sp³-hybridized carbons (Fsp3) is 0.538. The van der Waals surface area contributed by atoms with Gasteiger partial charge in [-0.15, -0.1) is 0 Å². The van der Waals surface area contributed by atoms with E-state index in [1.807, 2.05) is 6.07 Å². The summed E-state index contributed by atoms with van der Waals surface area (Å²) in [5.74, 6) is 0.356. The SMILES string of the molecule is COC(=O)c1ccc(CNCCC(C)C)nc1. The van der Waals surface area contributed by atoms with E-state index in [4.69, 9.17) is 0 Å². The molecule has 1 heterocycles. The number of ether oxygens (including phenoxy) is 1. The molecule has 0 atom stereocenters.